The Bertz CT molecular complexity index is 726. The fraction of sp³-hybridized carbons (Fsp3) is 0.417. The smallest absolute Gasteiger partial charge is 0.185 e. The third-order valence-corrected chi connectivity index (χ3v) is 3.91. The first-order valence-electron chi connectivity index (χ1n) is 6.28. The Balaban J connectivity index is 2.26. The summed E-state index contributed by atoms with van der Waals surface area (Å²) in [4.78, 5) is 0. The number of benzene rings is 1. The molecular formula is C12H17N5O3S. The summed E-state index contributed by atoms with van der Waals surface area (Å²) in [6.07, 6.45) is 1.63. The molecule has 0 atom stereocenters. The molecule has 1 aromatic heterocycles. The van der Waals surface area contributed by atoms with Gasteiger partial charge in [-0.1, -0.05) is 0 Å². The van der Waals surface area contributed by atoms with Crippen molar-refractivity contribution in [3.63, 3.8) is 0 Å². The minimum absolute atomic E-state index is 0.0837. The van der Waals surface area contributed by atoms with Crippen LogP contribution in [-0.2, 0) is 16.4 Å². The van der Waals surface area contributed by atoms with Gasteiger partial charge in [0, 0.05) is 18.5 Å². The van der Waals surface area contributed by atoms with Gasteiger partial charge >= 0.3 is 0 Å². The van der Waals surface area contributed by atoms with Gasteiger partial charge in [-0.15, -0.1) is 5.10 Å². The molecule has 0 aliphatic rings. The maximum absolute atomic E-state index is 11.2. The van der Waals surface area contributed by atoms with E-state index < -0.39 is 9.84 Å². The minimum atomic E-state index is -3.00. The lowest BCUT2D eigenvalue weighted by molar-refractivity contribution is 0.415. The van der Waals surface area contributed by atoms with E-state index in [2.05, 4.69) is 15.5 Å². The van der Waals surface area contributed by atoms with E-state index in [0.29, 0.717) is 35.8 Å². The van der Waals surface area contributed by atoms with Gasteiger partial charge in [-0.2, -0.15) is 0 Å². The number of sulfone groups is 1. The molecule has 0 saturated carbocycles. The van der Waals surface area contributed by atoms with Crippen molar-refractivity contribution in [1.29, 1.82) is 0 Å². The van der Waals surface area contributed by atoms with E-state index in [1.807, 2.05) is 0 Å². The molecule has 1 aromatic carbocycles. The van der Waals surface area contributed by atoms with Crippen molar-refractivity contribution in [2.24, 2.45) is 0 Å². The number of aromatic nitrogens is 4. The van der Waals surface area contributed by atoms with Crippen molar-refractivity contribution in [1.82, 2.24) is 20.2 Å². The van der Waals surface area contributed by atoms with Crippen LogP contribution in [0.2, 0.25) is 0 Å². The lowest BCUT2D eigenvalue weighted by atomic mass is 10.1. The summed E-state index contributed by atoms with van der Waals surface area (Å²) in [5, 5.41) is 11.5. The predicted octanol–water partition coefficient (Wildman–Crippen LogP) is 0.366. The SMILES string of the molecule is COc1ccc(N)cc1-c1nnnn1CCCS(C)(=O)=O. The number of methoxy groups -OCH3 is 1. The quantitative estimate of drug-likeness (QED) is 0.766. The van der Waals surface area contributed by atoms with Gasteiger partial charge in [0.05, 0.1) is 18.4 Å². The molecule has 0 aliphatic carbocycles. The molecule has 0 aliphatic heterocycles. The Hall–Kier alpha value is -2.16. The number of tetrazole rings is 1. The highest BCUT2D eigenvalue weighted by Crippen LogP contribution is 2.29. The molecule has 0 spiro atoms. The van der Waals surface area contributed by atoms with Crippen LogP contribution in [0.4, 0.5) is 5.69 Å². The average Bonchev–Trinajstić information content (AvgIpc) is 2.85. The Morgan fingerprint density at radius 1 is 1.38 bits per heavy atom. The Labute approximate surface area is 122 Å². The highest BCUT2D eigenvalue weighted by atomic mass is 32.2. The van der Waals surface area contributed by atoms with Crippen molar-refractivity contribution in [3.8, 4) is 17.1 Å². The molecule has 0 saturated heterocycles. The molecule has 0 amide bonds. The standard InChI is InChI=1S/C12H17N5O3S/c1-20-11-5-4-9(13)8-10(11)12-14-15-16-17(12)6-3-7-21(2,18)19/h4-5,8H,3,6-7,13H2,1-2H3. The van der Waals surface area contributed by atoms with Crippen LogP contribution >= 0.6 is 0 Å². The maximum Gasteiger partial charge on any atom is 0.185 e. The molecular weight excluding hydrogens is 294 g/mol. The summed E-state index contributed by atoms with van der Waals surface area (Å²) in [7, 11) is -1.45. The lowest BCUT2D eigenvalue weighted by Gasteiger charge is -2.09. The average molecular weight is 311 g/mol. The van der Waals surface area contributed by atoms with Gasteiger partial charge in [0.1, 0.15) is 15.6 Å². The monoisotopic (exact) mass is 311 g/mol. The zero-order chi connectivity index (χ0) is 15.5. The molecule has 2 N–H and O–H groups in total. The highest BCUT2D eigenvalue weighted by molar-refractivity contribution is 7.90. The zero-order valence-corrected chi connectivity index (χ0v) is 12.7. The molecule has 21 heavy (non-hydrogen) atoms. The van der Waals surface area contributed by atoms with E-state index in [1.165, 1.54) is 6.26 Å². The van der Waals surface area contributed by atoms with E-state index in [1.54, 1.807) is 30.0 Å². The molecule has 2 aromatic rings. The van der Waals surface area contributed by atoms with Crippen LogP contribution in [0.1, 0.15) is 6.42 Å². The highest BCUT2D eigenvalue weighted by Gasteiger charge is 2.15. The molecule has 0 unspecified atom stereocenters. The van der Waals surface area contributed by atoms with Crippen LogP contribution in [0.3, 0.4) is 0 Å². The van der Waals surface area contributed by atoms with Crippen LogP contribution in [0.15, 0.2) is 18.2 Å². The summed E-state index contributed by atoms with van der Waals surface area (Å²) < 4.78 is 29.1. The molecule has 1 heterocycles. The largest absolute Gasteiger partial charge is 0.496 e. The zero-order valence-electron chi connectivity index (χ0n) is 11.9. The van der Waals surface area contributed by atoms with Crippen molar-refractivity contribution < 1.29 is 13.2 Å². The number of ether oxygens (including phenoxy) is 1. The van der Waals surface area contributed by atoms with Crippen molar-refractivity contribution in [2.45, 2.75) is 13.0 Å². The van der Waals surface area contributed by atoms with E-state index >= 15 is 0 Å². The predicted molar refractivity (Wildman–Crippen MR) is 78.5 cm³/mol. The second kappa shape index (κ2) is 6.08. The van der Waals surface area contributed by atoms with Gasteiger partial charge < -0.3 is 10.5 Å². The van der Waals surface area contributed by atoms with Gasteiger partial charge in [-0.05, 0) is 35.0 Å². The molecule has 0 fully saturated rings. The normalized spacial score (nSPS) is 11.5. The van der Waals surface area contributed by atoms with Gasteiger partial charge in [0.2, 0.25) is 0 Å². The van der Waals surface area contributed by atoms with E-state index in [-0.39, 0.29) is 5.75 Å². The Kier molecular flexibility index (Phi) is 4.41. The number of anilines is 1. The third kappa shape index (κ3) is 3.91. The number of aryl methyl sites for hydroxylation is 1. The maximum atomic E-state index is 11.2. The molecule has 0 bridgehead atoms. The van der Waals surface area contributed by atoms with Gasteiger partial charge in [-0.3, -0.25) is 0 Å². The van der Waals surface area contributed by atoms with Crippen LogP contribution in [0.5, 0.6) is 5.75 Å². The van der Waals surface area contributed by atoms with E-state index in [4.69, 9.17) is 10.5 Å². The van der Waals surface area contributed by atoms with Gasteiger partial charge in [0.25, 0.3) is 0 Å². The fourth-order valence-electron chi connectivity index (χ4n) is 1.93. The number of nitrogens with two attached hydrogens (primary N) is 1. The van der Waals surface area contributed by atoms with Gasteiger partial charge in [0.15, 0.2) is 5.82 Å². The fourth-order valence-corrected chi connectivity index (χ4v) is 2.58. The summed E-state index contributed by atoms with van der Waals surface area (Å²) in [6, 6.07) is 5.18. The topological polar surface area (TPSA) is 113 Å². The summed E-state index contributed by atoms with van der Waals surface area (Å²) in [5.74, 6) is 1.18. The number of nitrogen functional groups attached to an aromatic ring is 1. The number of hydrogen-bond acceptors (Lipinski definition) is 7. The number of rotatable bonds is 6. The Morgan fingerprint density at radius 3 is 2.81 bits per heavy atom. The Morgan fingerprint density at radius 2 is 2.14 bits per heavy atom. The third-order valence-electron chi connectivity index (χ3n) is 2.88. The molecule has 8 nitrogen and oxygen atoms in total. The first-order chi connectivity index (χ1) is 9.90. The molecule has 9 heteroatoms. The second-order valence-electron chi connectivity index (χ2n) is 4.67. The van der Waals surface area contributed by atoms with E-state index in [0.717, 1.165) is 0 Å². The lowest BCUT2D eigenvalue weighted by Crippen LogP contribution is -2.10. The minimum Gasteiger partial charge on any atom is -0.496 e. The number of hydrogen-bond donors (Lipinski definition) is 1. The van der Waals surface area contributed by atoms with Crippen LogP contribution in [-0.4, -0.2) is 47.7 Å². The molecule has 114 valence electrons. The summed E-state index contributed by atoms with van der Waals surface area (Å²) in [5.41, 5.74) is 7.02. The molecule has 2 rings (SSSR count). The van der Waals surface area contributed by atoms with Crippen LogP contribution < -0.4 is 10.5 Å². The number of nitrogens with zero attached hydrogens (tertiary/aromatic N) is 4. The summed E-state index contributed by atoms with van der Waals surface area (Å²) in [6.45, 7) is 0.396. The second-order valence-corrected chi connectivity index (χ2v) is 6.93. The molecule has 0 radical (unpaired) electrons. The first kappa shape index (κ1) is 15.2. The van der Waals surface area contributed by atoms with Crippen molar-refractivity contribution in [2.75, 3.05) is 24.9 Å². The van der Waals surface area contributed by atoms with Gasteiger partial charge in [-0.25, -0.2) is 13.1 Å². The first-order valence-corrected chi connectivity index (χ1v) is 8.34. The van der Waals surface area contributed by atoms with Crippen LogP contribution in [0, 0.1) is 0 Å². The van der Waals surface area contributed by atoms with Crippen LogP contribution in [0.25, 0.3) is 11.4 Å². The van der Waals surface area contributed by atoms with Crippen molar-refractivity contribution >= 4 is 15.5 Å². The van der Waals surface area contributed by atoms with Crippen molar-refractivity contribution in [3.05, 3.63) is 18.2 Å². The summed E-state index contributed by atoms with van der Waals surface area (Å²) >= 11 is 0. The van der Waals surface area contributed by atoms with E-state index in [9.17, 15) is 8.42 Å².